The quantitative estimate of drug-likeness (QED) is 0.907. The molecular weight excluding hydrogens is 330 g/mol. The third-order valence-electron chi connectivity index (χ3n) is 4.10. The van der Waals surface area contributed by atoms with Crippen LogP contribution in [0.15, 0.2) is 45.3 Å². The first-order chi connectivity index (χ1) is 10.0. The van der Waals surface area contributed by atoms with Gasteiger partial charge in [0.2, 0.25) is 0 Å². The summed E-state index contributed by atoms with van der Waals surface area (Å²) >= 11 is 3.44. The summed E-state index contributed by atoms with van der Waals surface area (Å²) in [5.41, 5.74) is 0.591. The van der Waals surface area contributed by atoms with Crippen molar-refractivity contribution in [2.75, 3.05) is 13.1 Å². The van der Waals surface area contributed by atoms with Gasteiger partial charge < -0.3 is 9.52 Å². The number of rotatable bonds is 3. The highest BCUT2D eigenvalue weighted by Crippen LogP contribution is 2.26. The molecule has 1 aromatic carbocycles. The minimum absolute atomic E-state index is 0.498. The number of hydrogen-bond acceptors (Lipinski definition) is 3. The van der Waals surface area contributed by atoms with Gasteiger partial charge in [-0.3, -0.25) is 4.90 Å². The summed E-state index contributed by atoms with van der Waals surface area (Å²) in [7, 11) is 0. The van der Waals surface area contributed by atoms with Gasteiger partial charge in [0.25, 0.3) is 0 Å². The SMILES string of the molecule is CC1(O)CCN(Cc2ccc(-c3ccc(Br)cc3)o2)CC1. The predicted octanol–water partition coefficient (Wildman–Crippen LogP) is 4.06. The Morgan fingerprint density at radius 1 is 1.14 bits per heavy atom. The zero-order valence-corrected chi connectivity index (χ0v) is 13.8. The van der Waals surface area contributed by atoms with Gasteiger partial charge in [0.15, 0.2) is 0 Å². The average molecular weight is 350 g/mol. The van der Waals surface area contributed by atoms with Gasteiger partial charge in [-0.15, -0.1) is 0 Å². The molecule has 0 aliphatic carbocycles. The fourth-order valence-electron chi connectivity index (χ4n) is 2.65. The summed E-state index contributed by atoms with van der Waals surface area (Å²) in [6.45, 7) is 4.57. The minimum Gasteiger partial charge on any atom is -0.460 e. The standard InChI is InChI=1S/C17H20BrNO2/c1-17(20)8-10-19(11-9-17)12-15-6-7-16(21-15)13-2-4-14(18)5-3-13/h2-7,20H,8-12H2,1H3. The van der Waals surface area contributed by atoms with E-state index < -0.39 is 5.60 Å². The van der Waals surface area contributed by atoms with Crippen LogP contribution in [0.4, 0.5) is 0 Å². The number of halogens is 1. The molecule has 0 atom stereocenters. The lowest BCUT2D eigenvalue weighted by molar-refractivity contribution is -0.00866. The van der Waals surface area contributed by atoms with E-state index in [1.165, 1.54) is 0 Å². The van der Waals surface area contributed by atoms with E-state index >= 15 is 0 Å². The van der Waals surface area contributed by atoms with Crippen LogP contribution in [0.2, 0.25) is 0 Å². The highest BCUT2D eigenvalue weighted by atomic mass is 79.9. The molecule has 3 nitrogen and oxygen atoms in total. The molecule has 2 heterocycles. The zero-order valence-electron chi connectivity index (χ0n) is 12.2. The van der Waals surface area contributed by atoms with E-state index in [9.17, 15) is 5.11 Å². The maximum absolute atomic E-state index is 9.98. The first-order valence-electron chi connectivity index (χ1n) is 7.31. The molecule has 0 bridgehead atoms. The lowest BCUT2D eigenvalue weighted by Gasteiger charge is -2.35. The zero-order chi connectivity index (χ0) is 14.9. The third kappa shape index (κ3) is 3.76. The van der Waals surface area contributed by atoms with Gasteiger partial charge in [-0.2, -0.15) is 0 Å². The van der Waals surface area contributed by atoms with E-state index in [1.54, 1.807) is 0 Å². The molecule has 0 radical (unpaired) electrons. The number of piperidine rings is 1. The van der Waals surface area contributed by atoms with Crippen molar-refractivity contribution in [3.05, 3.63) is 46.6 Å². The van der Waals surface area contributed by atoms with E-state index in [0.717, 1.165) is 54.0 Å². The molecule has 0 saturated carbocycles. The number of benzene rings is 1. The van der Waals surface area contributed by atoms with Crippen molar-refractivity contribution >= 4 is 15.9 Å². The molecule has 4 heteroatoms. The van der Waals surface area contributed by atoms with Crippen molar-refractivity contribution in [2.24, 2.45) is 0 Å². The Hall–Kier alpha value is -1.10. The van der Waals surface area contributed by atoms with Crippen LogP contribution in [0.25, 0.3) is 11.3 Å². The van der Waals surface area contributed by atoms with Crippen molar-refractivity contribution in [3.8, 4) is 11.3 Å². The number of nitrogens with zero attached hydrogens (tertiary/aromatic N) is 1. The van der Waals surface area contributed by atoms with Crippen molar-refractivity contribution in [2.45, 2.75) is 31.9 Å². The second-order valence-electron chi connectivity index (χ2n) is 6.05. The lowest BCUT2D eigenvalue weighted by Crippen LogP contribution is -2.41. The monoisotopic (exact) mass is 349 g/mol. The third-order valence-corrected chi connectivity index (χ3v) is 4.63. The Kier molecular flexibility index (Phi) is 4.20. The second-order valence-corrected chi connectivity index (χ2v) is 6.96. The van der Waals surface area contributed by atoms with Crippen molar-refractivity contribution < 1.29 is 9.52 Å². The smallest absolute Gasteiger partial charge is 0.134 e. The fourth-order valence-corrected chi connectivity index (χ4v) is 2.91. The molecule has 1 saturated heterocycles. The Labute approximate surface area is 133 Å². The first-order valence-corrected chi connectivity index (χ1v) is 8.11. The van der Waals surface area contributed by atoms with Gasteiger partial charge in [0.05, 0.1) is 12.1 Å². The Morgan fingerprint density at radius 3 is 2.48 bits per heavy atom. The molecule has 1 aliphatic heterocycles. The second kappa shape index (κ2) is 5.95. The predicted molar refractivity (Wildman–Crippen MR) is 87.0 cm³/mol. The topological polar surface area (TPSA) is 36.6 Å². The summed E-state index contributed by atoms with van der Waals surface area (Å²) < 4.78 is 7.01. The maximum atomic E-state index is 9.98. The first kappa shape index (κ1) is 14.8. The van der Waals surface area contributed by atoms with Crippen LogP contribution < -0.4 is 0 Å². The summed E-state index contributed by atoms with van der Waals surface area (Å²) in [6.07, 6.45) is 1.65. The molecule has 0 spiro atoms. The number of aliphatic hydroxyl groups is 1. The molecule has 3 rings (SSSR count). The van der Waals surface area contributed by atoms with Crippen molar-refractivity contribution in [3.63, 3.8) is 0 Å². The average Bonchev–Trinajstić information content (AvgIpc) is 2.91. The Morgan fingerprint density at radius 2 is 1.81 bits per heavy atom. The fraction of sp³-hybridized carbons (Fsp3) is 0.412. The van der Waals surface area contributed by atoms with E-state index in [2.05, 4.69) is 20.8 Å². The van der Waals surface area contributed by atoms with Gasteiger partial charge in [0, 0.05) is 23.1 Å². The summed E-state index contributed by atoms with van der Waals surface area (Å²) in [5.74, 6) is 1.89. The number of likely N-dealkylation sites (tertiary alicyclic amines) is 1. The van der Waals surface area contributed by atoms with Crippen LogP contribution in [-0.4, -0.2) is 28.7 Å². The maximum Gasteiger partial charge on any atom is 0.134 e. The lowest BCUT2D eigenvalue weighted by atomic mass is 9.94. The van der Waals surface area contributed by atoms with Gasteiger partial charge in [-0.25, -0.2) is 0 Å². The Balaban J connectivity index is 1.64. The van der Waals surface area contributed by atoms with E-state index in [1.807, 2.05) is 43.3 Å². The van der Waals surface area contributed by atoms with Gasteiger partial charge in [-0.1, -0.05) is 28.1 Å². The van der Waals surface area contributed by atoms with E-state index in [0.29, 0.717) is 0 Å². The van der Waals surface area contributed by atoms with E-state index in [4.69, 9.17) is 4.42 Å². The number of furan rings is 1. The molecule has 1 N–H and O–H groups in total. The van der Waals surface area contributed by atoms with Crippen LogP contribution in [0.5, 0.6) is 0 Å². The molecule has 1 fully saturated rings. The highest BCUT2D eigenvalue weighted by Gasteiger charge is 2.27. The van der Waals surface area contributed by atoms with Crippen LogP contribution in [-0.2, 0) is 6.54 Å². The molecule has 1 aliphatic rings. The summed E-state index contributed by atoms with van der Waals surface area (Å²) in [6, 6.07) is 12.2. The minimum atomic E-state index is -0.498. The van der Waals surface area contributed by atoms with Gasteiger partial charge in [-0.05, 0) is 44.0 Å². The van der Waals surface area contributed by atoms with Crippen LogP contribution in [0.1, 0.15) is 25.5 Å². The molecule has 2 aromatic rings. The van der Waals surface area contributed by atoms with Gasteiger partial charge in [0.1, 0.15) is 11.5 Å². The molecule has 1 aromatic heterocycles. The van der Waals surface area contributed by atoms with Crippen LogP contribution >= 0.6 is 15.9 Å². The largest absolute Gasteiger partial charge is 0.460 e. The summed E-state index contributed by atoms with van der Waals surface area (Å²) in [5, 5.41) is 9.98. The highest BCUT2D eigenvalue weighted by molar-refractivity contribution is 9.10. The Bertz CT molecular complexity index is 594. The summed E-state index contributed by atoms with van der Waals surface area (Å²) in [4.78, 5) is 2.34. The van der Waals surface area contributed by atoms with Gasteiger partial charge >= 0.3 is 0 Å². The molecule has 0 amide bonds. The van der Waals surface area contributed by atoms with Crippen LogP contribution in [0.3, 0.4) is 0 Å². The normalized spacial score (nSPS) is 18.8. The molecular formula is C17H20BrNO2. The molecule has 21 heavy (non-hydrogen) atoms. The van der Waals surface area contributed by atoms with Crippen LogP contribution in [0, 0.1) is 0 Å². The molecule has 0 unspecified atom stereocenters. The van der Waals surface area contributed by atoms with Crippen molar-refractivity contribution in [1.82, 2.24) is 4.90 Å². The van der Waals surface area contributed by atoms with Crippen molar-refractivity contribution in [1.29, 1.82) is 0 Å². The molecule has 112 valence electrons. The van der Waals surface area contributed by atoms with E-state index in [-0.39, 0.29) is 0 Å². The number of hydrogen-bond donors (Lipinski definition) is 1.